The van der Waals surface area contributed by atoms with E-state index in [1.54, 1.807) is 24.3 Å². The molecule has 5 rings (SSSR count). The van der Waals surface area contributed by atoms with Gasteiger partial charge >= 0.3 is 12.2 Å². The highest BCUT2D eigenvalue weighted by molar-refractivity contribution is 6.39. The van der Waals surface area contributed by atoms with Gasteiger partial charge in [-0.25, -0.2) is 14.2 Å². The van der Waals surface area contributed by atoms with Crippen LogP contribution in [0.1, 0.15) is 83.6 Å². The third-order valence-corrected chi connectivity index (χ3v) is 9.76. The van der Waals surface area contributed by atoms with Crippen LogP contribution in [0.2, 0.25) is 0 Å². The summed E-state index contributed by atoms with van der Waals surface area (Å²) in [5.74, 6) is -0.509. The third-order valence-electron chi connectivity index (χ3n) is 9.76. The first-order valence-corrected chi connectivity index (χ1v) is 17.8. The Bertz CT molecular complexity index is 1460. The summed E-state index contributed by atoms with van der Waals surface area (Å²) in [6, 6.07) is 7.81. The second kappa shape index (κ2) is 17.2. The van der Waals surface area contributed by atoms with E-state index in [1.165, 1.54) is 12.8 Å². The minimum Gasteiger partial charge on any atom is -0.871 e. The van der Waals surface area contributed by atoms with Crippen molar-refractivity contribution in [2.45, 2.75) is 90.1 Å². The molecule has 0 heterocycles. The van der Waals surface area contributed by atoms with E-state index < -0.39 is 0 Å². The van der Waals surface area contributed by atoms with Crippen molar-refractivity contribution >= 4 is 34.9 Å². The van der Waals surface area contributed by atoms with E-state index in [-0.39, 0.29) is 60.2 Å². The number of nitrogens with zero attached hydrogens (tertiary/aromatic N) is 2. The first-order chi connectivity index (χ1) is 23.4. The molecule has 0 radical (unpaired) electrons. The molecule has 4 aliphatic rings. The summed E-state index contributed by atoms with van der Waals surface area (Å²) in [6.07, 6.45) is 17.7. The predicted octanol–water partition coefficient (Wildman–Crippen LogP) is 5.18. The molecule has 0 atom stereocenters. The lowest BCUT2D eigenvalue weighted by atomic mass is 9.80. The number of allylic oxidation sites excluding steroid dienone is 7. The van der Waals surface area contributed by atoms with Gasteiger partial charge in [0, 0.05) is 47.6 Å². The average molecular weight is 659 g/mol. The van der Waals surface area contributed by atoms with Crippen molar-refractivity contribution in [2.75, 3.05) is 44.3 Å². The number of nitrogens with one attached hydrogen (secondary N) is 2. The monoisotopic (exact) mass is 658 g/mol. The second-order valence-electron chi connectivity index (χ2n) is 12.9. The van der Waals surface area contributed by atoms with Gasteiger partial charge < -0.3 is 30.1 Å². The molecule has 48 heavy (non-hydrogen) atoms. The second-order valence-corrected chi connectivity index (χ2v) is 12.9. The minimum atomic E-state index is -0.364. The molecule has 0 aromatic heterocycles. The number of likely N-dealkylation sites (N-methyl/N-ethyl adjacent to an activating group) is 2. The zero-order valence-electron chi connectivity index (χ0n) is 28.4. The van der Waals surface area contributed by atoms with Crippen LogP contribution in [0.25, 0.3) is 5.57 Å². The highest BCUT2D eigenvalue weighted by Crippen LogP contribution is 2.37. The van der Waals surface area contributed by atoms with Crippen molar-refractivity contribution in [2.24, 2.45) is 0 Å². The number of carbonyl (C=O) groups excluding carboxylic acids is 3. The number of anilines is 1. The zero-order valence-corrected chi connectivity index (χ0v) is 28.4. The number of benzene rings is 1. The largest absolute Gasteiger partial charge is 0.871 e. The summed E-state index contributed by atoms with van der Waals surface area (Å²) in [5.41, 5.74) is 3.44. The number of ketones is 1. The van der Waals surface area contributed by atoms with Crippen molar-refractivity contribution in [1.29, 1.82) is 0 Å². The molecule has 0 saturated heterocycles. The van der Waals surface area contributed by atoms with Crippen LogP contribution in [0.15, 0.2) is 65.5 Å². The van der Waals surface area contributed by atoms with Crippen LogP contribution in [0.5, 0.6) is 0 Å². The van der Waals surface area contributed by atoms with E-state index in [2.05, 4.69) is 20.1 Å². The molecule has 0 unspecified atom stereocenters. The van der Waals surface area contributed by atoms with Crippen molar-refractivity contribution in [3.63, 3.8) is 0 Å². The predicted molar refractivity (Wildman–Crippen MR) is 185 cm³/mol. The summed E-state index contributed by atoms with van der Waals surface area (Å²) >= 11 is 0. The fourth-order valence-electron chi connectivity index (χ4n) is 6.94. The molecule has 4 aliphatic carbocycles. The average Bonchev–Trinajstić information content (AvgIpc) is 3.10. The van der Waals surface area contributed by atoms with Crippen LogP contribution in [0.4, 0.5) is 15.3 Å². The molecule has 1 aromatic rings. The van der Waals surface area contributed by atoms with Crippen LogP contribution in [0.3, 0.4) is 0 Å². The molecule has 258 valence electrons. The van der Waals surface area contributed by atoms with Crippen LogP contribution >= 0.6 is 0 Å². The van der Waals surface area contributed by atoms with E-state index >= 15 is 0 Å². The normalized spacial score (nSPS) is 18.5. The number of ether oxygens (including phenoxy) is 2. The quantitative estimate of drug-likeness (QED) is 0.234. The number of amides is 2. The SMILES string of the molecule is CCN(CCOC(=O)NC1CCCCC1)c1ccc(C2=C([O-])C(=C3C=CC(=[N+](CC)CCOC(=O)NC4CCCCC4)C=C3)C2=O)cc1. The van der Waals surface area contributed by atoms with Gasteiger partial charge in [-0.2, -0.15) is 0 Å². The maximum absolute atomic E-state index is 13.2. The van der Waals surface area contributed by atoms with E-state index in [0.29, 0.717) is 37.3 Å². The van der Waals surface area contributed by atoms with Crippen LogP contribution in [-0.2, 0) is 14.3 Å². The van der Waals surface area contributed by atoms with Gasteiger partial charge in [0.2, 0.25) is 0 Å². The molecule has 0 aliphatic heterocycles. The standard InChI is InChI=1S/C38H50N4O6/c1-3-41(23-25-47-37(45)39-29-11-7-5-8-12-29)31-19-15-27(16-20-31)33-35(43)34(36(33)44)28-17-21-32(22-18-28)42(4-2)24-26-48-38(46)40-30-13-9-6-10-14-30/h15-22,29-30H,3-14,23-26H2,1-2H3,(H2-,39,40,43,44,45,46). The maximum Gasteiger partial charge on any atom is 0.407 e. The Morgan fingerprint density at radius 2 is 1.38 bits per heavy atom. The number of alkyl carbamates (subject to hydrolysis) is 2. The van der Waals surface area contributed by atoms with Gasteiger partial charge in [0.15, 0.2) is 24.6 Å². The first-order valence-electron chi connectivity index (χ1n) is 17.8. The Kier molecular flexibility index (Phi) is 12.5. The van der Waals surface area contributed by atoms with E-state index in [4.69, 9.17) is 9.47 Å². The van der Waals surface area contributed by atoms with E-state index in [9.17, 15) is 19.5 Å². The number of Topliss-reactive ketones (excluding diaryl/α,β-unsaturated/α-hetero) is 1. The Balaban J connectivity index is 1.13. The Morgan fingerprint density at radius 3 is 1.90 bits per heavy atom. The molecule has 2 N–H and O–H groups in total. The number of rotatable bonds is 12. The van der Waals surface area contributed by atoms with Gasteiger partial charge in [0.05, 0.1) is 6.54 Å². The molecule has 1 aromatic carbocycles. The number of carbonyl (C=O) groups is 3. The molecule has 2 saturated carbocycles. The van der Waals surface area contributed by atoms with Gasteiger partial charge in [0.25, 0.3) is 0 Å². The van der Waals surface area contributed by atoms with Gasteiger partial charge in [-0.1, -0.05) is 56.4 Å². The topological polar surface area (TPSA) is 123 Å². The first kappa shape index (κ1) is 35.0. The molecular formula is C38H50N4O6. The van der Waals surface area contributed by atoms with Gasteiger partial charge in [0.1, 0.15) is 13.2 Å². The summed E-state index contributed by atoms with van der Waals surface area (Å²) in [6.45, 7) is 7.09. The van der Waals surface area contributed by atoms with Crippen molar-refractivity contribution in [3.05, 3.63) is 71.0 Å². The number of hydrogen-bond acceptors (Lipinski definition) is 7. The Morgan fingerprint density at radius 1 is 0.812 bits per heavy atom. The van der Waals surface area contributed by atoms with Crippen molar-refractivity contribution in [1.82, 2.24) is 10.6 Å². The summed E-state index contributed by atoms with van der Waals surface area (Å²) < 4.78 is 13.0. The van der Waals surface area contributed by atoms with Crippen molar-refractivity contribution in [3.8, 4) is 0 Å². The lowest BCUT2D eigenvalue weighted by Crippen LogP contribution is -2.38. The van der Waals surface area contributed by atoms with Gasteiger partial charge in [-0.05, 0) is 75.0 Å². The molecule has 2 amide bonds. The number of hydrogen-bond donors (Lipinski definition) is 2. The summed E-state index contributed by atoms with van der Waals surface area (Å²) in [7, 11) is 0. The molecule has 2 fully saturated rings. The van der Waals surface area contributed by atoms with Crippen LogP contribution in [-0.4, -0.2) is 79.7 Å². The fraction of sp³-hybridized carbons (Fsp3) is 0.526. The highest BCUT2D eigenvalue weighted by Gasteiger charge is 2.31. The third kappa shape index (κ3) is 8.96. The molecule has 0 bridgehead atoms. The van der Waals surface area contributed by atoms with Crippen LogP contribution in [0, 0.1) is 0 Å². The van der Waals surface area contributed by atoms with E-state index in [1.807, 2.05) is 38.1 Å². The maximum atomic E-state index is 13.2. The van der Waals surface area contributed by atoms with Crippen molar-refractivity contribution < 1.29 is 33.5 Å². The zero-order chi connectivity index (χ0) is 33.9. The molecule has 0 spiro atoms. The summed E-state index contributed by atoms with van der Waals surface area (Å²) in [4.78, 5) is 39.7. The van der Waals surface area contributed by atoms with Gasteiger partial charge in [-0.15, -0.1) is 0 Å². The smallest absolute Gasteiger partial charge is 0.407 e. The Hall–Kier alpha value is -4.34. The molecular weight excluding hydrogens is 608 g/mol. The van der Waals surface area contributed by atoms with E-state index in [0.717, 1.165) is 62.8 Å². The molecule has 10 heteroatoms. The minimum absolute atomic E-state index is 0.199. The lowest BCUT2D eigenvalue weighted by molar-refractivity contribution is -0.524. The molecule has 10 nitrogen and oxygen atoms in total. The Labute approximate surface area is 284 Å². The highest BCUT2D eigenvalue weighted by atomic mass is 16.6. The fourth-order valence-corrected chi connectivity index (χ4v) is 6.94. The van der Waals surface area contributed by atoms with Crippen LogP contribution < -0.4 is 20.6 Å². The summed E-state index contributed by atoms with van der Waals surface area (Å²) in [5, 5.41) is 19.1. The lowest BCUT2D eigenvalue weighted by Gasteiger charge is -2.32. The van der Waals surface area contributed by atoms with Gasteiger partial charge in [-0.3, -0.25) is 4.79 Å².